The zero-order valence-corrected chi connectivity index (χ0v) is 32.7. The number of fused-ring (bicyclic) bond motifs is 1. The summed E-state index contributed by atoms with van der Waals surface area (Å²) < 4.78 is 19.7. The SMILES string of the molecule is Cc1ccc(N/C(=C\C(=N)C(C)(C)C)NC(=O)Nc2ccc(OCc3ccnc(Nc4cnc(C(=O)NCCN5CCC(F)CC5)cn4)c3)c3ccccc23)cc1. The number of rotatable bonds is 14. The predicted octanol–water partition coefficient (Wildman–Crippen LogP) is 7.96. The molecule has 13 nitrogen and oxygen atoms in total. The number of hydrogen-bond acceptors (Lipinski definition) is 10. The van der Waals surface area contributed by atoms with E-state index < -0.39 is 17.6 Å². The summed E-state index contributed by atoms with van der Waals surface area (Å²) in [5.41, 5.74) is 3.46. The molecule has 6 N–H and O–H groups in total. The van der Waals surface area contributed by atoms with E-state index in [-0.39, 0.29) is 18.2 Å². The number of allylic oxidation sites excluding steroid dienone is 1. The number of ether oxygens (including phenoxy) is 1. The molecule has 5 aromatic rings. The Bertz CT molecular complexity index is 2210. The molecular formula is C43H49FN10O3. The number of piperidine rings is 1. The van der Waals surface area contributed by atoms with Crippen molar-refractivity contribution in [2.24, 2.45) is 5.41 Å². The first-order chi connectivity index (χ1) is 27.4. The number of aryl methyl sites for hydroxylation is 1. The van der Waals surface area contributed by atoms with E-state index in [4.69, 9.17) is 10.1 Å². The Morgan fingerprint density at radius 1 is 0.930 bits per heavy atom. The second-order valence-corrected chi connectivity index (χ2v) is 15.0. The first-order valence-electron chi connectivity index (χ1n) is 19.0. The summed E-state index contributed by atoms with van der Waals surface area (Å²) in [5.74, 6) is 1.63. The van der Waals surface area contributed by atoms with Gasteiger partial charge in [-0.25, -0.2) is 24.1 Å². The summed E-state index contributed by atoms with van der Waals surface area (Å²) in [4.78, 5) is 41.1. The highest BCUT2D eigenvalue weighted by molar-refractivity contribution is 6.05. The van der Waals surface area contributed by atoms with E-state index >= 15 is 0 Å². The van der Waals surface area contributed by atoms with Crippen molar-refractivity contribution in [3.8, 4) is 5.75 Å². The Kier molecular flexibility index (Phi) is 13.1. The molecular weight excluding hydrogens is 724 g/mol. The van der Waals surface area contributed by atoms with Gasteiger partial charge in [0.05, 0.1) is 18.1 Å². The van der Waals surface area contributed by atoms with Crippen LogP contribution in [0.5, 0.6) is 5.75 Å². The lowest BCUT2D eigenvalue weighted by Gasteiger charge is -2.28. The number of alkyl halides is 1. The van der Waals surface area contributed by atoms with Crippen molar-refractivity contribution in [2.45, 2.75) is 53.3 Å². The van der Waals surface area contributed by atoms with Crippen LogP contribution in [0.4, 0.5) is 32.2 Å². The third-order valence-corrected chi connectivity index (χ3v) is 9.40. The molecule has 1 fully saturated rings. The van der Waals surface area contributed by atoms with Crippen molar-refractivity contribution in [2.75, 3.05) is 42.1 Å². The number of urea groups is 1. The number of amides is 3. The number of nitrogens with zero attached hydrogens (tertiary/aromatic N) is 4. The molecule has 0 saturated carbocycles. The number of benzene rings is 3. The van der Waals surface area contributed by atoms with E-state index in [0.29, 0.717) is 73.6 Å². The Balaban J connectivity index is 1.05. The number of carbonyl (C=O) groups is 2. The number of aromatic nitrogens is 3. The highest BCUT2D eigenvalue weighted by Gasteiger charge is 2.19. The molecule has 1 aliphatic heterocycles. The molecule has 0 radical (unpaired) electrons. The van der Waals surface area contributed by atoms with Gasteiger partial charge in [-0.05, 0) is 61.7 Å². The van der Waals surface area contributed by atoms with Crippen molar-refractivity contribution >= 4 is 51.4 Å². The van der Waals surface area contributed by atoms with E-state index in [1.807, 2.05) is 94.4 Å². The fraction of sp³-hybridized carbons (Fsp3) is 0.302. The van der Waals surface area contributed by atoms with Crippen LogP contribution in [0.25, 0.3) is 10.8 Å². The van der Waals surface area contributed by atoms with Gasteiger partial charge in [0.25, 0.3) is 5.91 Å². The number of nitrogens with one attached hydrogen (secondary N) is 6. The normalized spacial score (nSPS) is 13.8. The monoisotopic (exact) mass is 772 g/mol. The van der Waals surface area contributed by atoms with Crippen LogP contribution in [-0.2, 0) is 6.61 Å². The first-order valence-corrected chi connectivity index (χ1v) is 19.0. The molecule has 14 heteroatoms. The van der Waals surface area contributed by atoms with Gasteiger partial charge in [-0.3, -0.25) is 10.1 Å². The molecule has 3 amide bonds. The maximum Gasteiger partial charge on any atom is 0.324 e. The van der Waals surface area contributed by atoms with E-state index in [1.54, 1.807) is 18.3 Å². The molecule has 6 rings (SSSR count). The molecule has 3 heterocycles. The van der Waals surface area contributed by atoms with Gasteiger partial charge >= 0.3 is 6.03 Å². The topological polar surface area (TPSA) is 169 Å². The third kappa shape index (κ3) is 11.6. The molecule has 0 aliphatic carbocycles. The van der Waals surface area contributed by atoms with Gasteiger partial charge in [0.1, 0.15) is 41.7 Å². The zero-order valence-electron chi connectivity index (χ0n) is 32.7. The van der Waals surface area contributed by atoms with Crippen molar-refractivity contribution < 1.29 is 18.7 Å². The maximum absolute atomic E-state index is 13.4. The average molecular weight is 773 g/mol. The largest absolute Gasteiger partial charge is 0.488 e. The second-order valence-electron chi connectivity index (χ2n) is 15.0. The predicted molar refractivity (Wildman–Crippen MR) is 223 cm³/mol. The summed E-state index contributed by atoms with van der Waals surface area (Å²) in [6, 6.07) is 22.3. The number of anilines is 4. The van der Waals surface area contributed by atoms with Gasteiger partial charge in [0.15, 0.2) is 0 Å². The second kappa shape index (κ2) is 18.5. The van der Waals surface area contributed by atoms with Gasteiger partial charge < -0.3 is 36.3 Å². The van der Waals surface area contributed by atoms with E-state index in [9.17, 15) is 14.0 Å². The van der Waals surface area contributed by atoms with Crippen LogP contribution in [0.15, 0.2) is 103 Å². The molecule has 1 saturated heterocycles. The molecule has 296 valence electrons. The van der Waals surface area contributed by atoms with Crippen molar-refractivity contribution in [1.82, 2.24) is 30.5 Å². The van der Waals surface area contributed by atoms with Crippen LogP contribution in [-0.4, -0.2) is 69.9 Å². The minimum Gasteiger partial charge on any atom is -0.488 e. The van der Waals surface area contributed by atoms with Gasteiger partial charge in [-0.1, -0.05) is 62.7 Å². The van der Waals surface area contributed by atoms with Gasteiger partial charge in [-0.2, -0.15) is 0 Å². The number of likely N-dealkylation sites (tertiary alicyclic amines) is 1. The Morgan fingerprint density at radius 2 is 1.68 bits per heavy atom. The van der Waals surface area contributed by atoms with Crippen LogP contribution in [0.1, 0.15) is 55.2 Å². The minimum absolute atomic E-state index is 0.196. The lowest BCUT2D eigenvalue weighted by molar-refractivity contribution is 0.0935. The van der Waals surface area contributed by atoms with Gasteiger partial charge in [0.2, 0.25) is 0 Å². The first kappa shape index (κ1) is 40.3. The lowest BCUT2D eigenvalue weighted by Crippen LogP contribution is -2.40. The third-order valence-electron chi connectivity index (χ3n) is 9.40. The summed E-state index contributed by atoms with van der Waals surface area (Å²) >= 11 is 0. The highest BCUT2D eigenvalue weighted by atomic mass is 19.1. The Morgan fingerprint density at radius 3 is 2.40 bits per heavy atom. The minimum atomic E-state index is -0.727. The van der Waals surface area contributed by atoms with Crippen molar-refractivity contribution in [3.63, 3.8) is 0 Å². The molecule has 57 heavy (non-hydrogen) atoms. The maximum atomic E-state index is 13.4. The van der Waals surface area contributed by atoms with E-state index in [2.05, 4.69) is 46.4 Å². The molecule has 3 aromatic carbocycles. The van der Waals surface area contributed by atoms with Crippen molar-refractivity contribution in [1.29, 1.82) is 5.41 Å². The number of carbonyl (C=O) groups excluding carboxylic acids is 2. The zero-order chi connectivity index (χ0) is 40.4. The van der Waals surface area contributed by atoms with E-state index in [0.717, 1.165) is 27.6 Å². The fourth-order valence-corrected chi connectivity index (χ4v) is 6.02. The van der Waals surface area contributed by atoms with E-state index in [1.165, 1.54) is 12.4 Å². The number of hydrogen-bond donors (Lipinski definition) is 6. The summed E-state index contributed by atoms with van der Waals surface area (Å²) in [7, 11) is 0. The van der Waals surface area contributed by atoms with Crippen LogP contribution < -0.4 is 31.3 Å². The Hall–Kier alpha value is -6.41. The Labute approximate surface area is 332 Å². The molecule has 0 atom stereocenters. The van der Waals surface area contributed by atoms with Crippen molar-refractivity contribution in [3.05, 3.63) is 120 Å². The number of pyridine rings is 1. The lowest BCUT2D eigenvalue weighted by atomic mass is 9.90. The van der Waals surface area contributed by atoms with Gasteiger partial charge in [-0.15, -0.1) is 0 Å². The summed E-state index contributed by atoms with van der Waals surface area (Å²) in [5, 5.41) is 25.2. The van der Waals surface area contributed by atoms with Gasteiger partial charge in [0, 0.05) is 66.0 Å². The molecule has 0 unspecified atom stereocenters. The van der Waals surface area contributed by atoms with Crippen LogP contribution in [0, 0.1) is 17.7 Å². The summed E-state index contributed by atoms with van der Waals surface area (Å²) in [6.07, 6.45) is 6.51. The van der Waals surface area contributed by atoms with Crippen LogP contribution in [0.2, 0.25) is 0 Å². The summed E-state index contributed by atoms with van der Waals surface area (Å²) in [6.45, 7) is 10.6. The van der Waals surface area contributed by atoms with Crippen LogP contribution >= 0.6 is 0 Å². The molecule has 0 spiro atoms. The quantitative estimate of drug-likeness (QED) is 0.0614. The standard InChI is InChI=1S/C43H49FN10O3/c1-28-9-11-31(12-10-28)50-39(24-37(45)43(2,3)4)53-42(56)51-34-13-14-36(33-8-6-5-7-32(33)34)57-27-29-15-18-46-38(23-29)52-40-26-48-35(25-49-40)41(55)47-19-22-54-20-16-30(44)17-21-54/h5-15,18,23-26,30,45,50H,16-17,19-22,27H2,1-4H3,(H,47,55)(H,46,49,52)(H2,51,53,56)/b39-24+,45-37?. The van der Waals surface area contributed by atoms with Crippen LogP contribution in [0.3, 0.4) is 0 Å². The fourth-order valence-electron chi connectivity index (χ4n) is 6.02. The highest BCUT2D eigenvalue weighted by Crippen LogP contribution is 2.32. The molecule has 2 aromatic heterocycles. The number of halogens is 1. The molecule has 0 bridgehead atoms. The average Bonchev–Trinajstić information content (AvgIpc) is 3.19. The smallest absolute Gasteiger partial charge is 0.324 e. The molecule has 1 aliphatic rings.